The molecule has 0 bridgehead atoms. The molecule has 5 aromatic rings. The first-order chi connectivity index (χ1) is 15.8. The number of hydrogen-bond acceptors (Lipinski definition) is 0. The fourth-order valence-electron chi connectivity index (χ4n) is 6.05. The van der Waals surface area contributed by atoms with Crippen LogP contribution >= 0.6 is 15.9 Å². The summed E-state index contributed by atoms with van der Waals surface area (Å²) in [4.78, 5) is 0. The van der Waals surface area contributed by atoms with Crippen molar-refractivity contribution in [1.29, 1.82) is 0 Å². The molecule has 2 aliphatic carbocycles. The van der Waals surface area contributed by atoms with E-state index < -0.39 is 0 Å². The van der Waals surface area contributed by atoms with Gasteiger partial charge < -0.3 is 0 Å². The number of halogens is 1. The van der Waals surface area contributed by atoms with Crippen molar-refractivity contribution in [3.63, 3.8) is 0 Å². The summed E-state index contributed by atoms with van der Waals surface area (Å²) in [5.41, 5.74) is 13.1. The van der Waals surface area contributed by atoms with Crippen molar-refractivity contribution in [3.05, 3.63) is 142 Å². The van der Waals surface area contributed by atoms with Gasteiger partial charge in [-0.25, -0.2) is 0 Å². The molecule has 2 aliphatic rings. The zero-order valence-corrected chi connectivity index (χ0v) is 18.9. The maximum absolute atomic E-state index is 3.69. The summed E-state index contributed by atoms with van der Waals surface area (Å²) < 4.78 is 1.10. The first-order valence-electron chi connectivity index (χ1n) is 11.0. The van der Waals surface area contributed by atoms with Crippen molar-refractivity contribution >= 4 is 15.9 Å². The smallest absolute Gasteiger partial charge is 0.0619 e. The minimum Gasteiger partial charge on any atom is -0.0619 e. The Morgan fingerprint density at radius 2 is 0.906 bits per heavy atom. The number of benzene rings is 5. The van der Waals surface area contributed by atoms with Gasteiger partial charge in [-0.1, -0.05) is 119 Å². The Balaban J connectivity index is 1.71. The highest BCUT2D eigenvalue weighted by Gasteiger charge is 2.52. The molecule has 0 unspecified atom stereocenters. The van der Waals surface area contributed by atoms with E-state index >= 15 is 0 Å². The molecule has 150 valence electrons. The molecule has 0 fully saturated rings. The lowest BCUT2D eigenvalue weighted by Gasteiger charge is -2.32. The Kier molecular flexibility index (Phi) is 3.72. The van der Waals surface area contributed by atoms with E-state index in [0.717, 1.165) is 4.47 Å². The van der Waals surface area contributed by atoms with Crippen molar-refractivity contribution in [2.75, 3.05) is 0 Å². The van der Waals surface area contributed by atoms with Crippen LogP contribution in [0.15, 0.2) is 120 Å². The Hall–Kier alpha value is -3.42. The molecule has 0 aliphatic heterocycles. The van der Waals surface area contributed by atoms with E-state index in [0.29, 0.717) is 0 Å². The number of fused-ring (bicyclic) bond motifs is 10. The van der Waals surface area contributed by atoms with Crippen LogP contribution in [-0.4, -0.2) is 0 Å². The van der Waals surface area contributed by atoms with E-state index in [2.05, 4.69) is 131 Å². The Morgan fingerprint density at radius 3 is 1.50 bits per heavy atom. The average molecular weight is 471 g/mol. The third-order valence-corrected chi connectivity index (χ3v) is 7.64. The van der Waals surface area contributed by atoms with Crippen LogP contribution in [0.25, 0.3) is 33.4 Å². The lowest BCUT2D eigenvalue weighted by molar-refractivity contribution is 0.796. The van der Waals surface area contributed by atoms with Gasteiger partial charge in [0.15, 0.2) is 0 Å². The zero-order chi connectivity index (χ0) is 21.3. The summed E-state index contributed by atoms with van der Waals surface area (Å²) in [6.45, 7) is 0. The van der Waals surface area contributed by atoms with Gasteiger partial charge in [0.05, 0.1) is 5.41 Å². The van der Waals surface area contributed by atoms with Crippen molar-refractivity contribution in [2.45, 2.75) is 5.41 Å². The van der Waals surface area contributed by atoms with Gasteiger partial charge in [0.2, 0.25) is 0 Å². The monoisotopic (exact) mass is 470 g/mol. The molecule has 32 heavy (non-hydrogen) atoms. The molecule has 0 nitrogen and oxygen atoms in total. The average Bonchev–Trinajstić information content (AvgIpc) is 3.32. The molecule has 0 saturated carbocycles. The summed E-state index contributed by atoms with van der Waals surface area (Å²) >= 11 is 3.69. The van der Waals surface area contributed by atoms with Crippen LogP contribution in [0.4, 0.5) is 0 Å². The van der Waals surface area contributed by atoms with Crippen LogP contribution in [0.1, 0.15) is 22.3 Å². The quantitative estimate of drug-likeness (QED) is 0.225. The lowest BCUT2D eigenvalue weighted by Crippen LogP contribution is -2.26. The van der Waals surface area contributed by atoms with Gasteiger partial charge >= 0.3 is 0 Å². The van der Waals surface area contributed by atoms with Crippen LogP contribution in [0, 0.1) is 0 Å². The largest absolute Gasteiger partial charge is 0.0731 e. The van der Waals surface area contributed by atoms with Crippen molar-refractivity contribution in [3.8, 4) is 33.4 Å². The van der Waals surface area contributed by atoms with Gasteiger partial charge in [0.25, 0.3) is 0 Å². The molecule has 0 atom stereocenters. The Morgan fingerprint density at radius 1 is 0.438 bits per heavy atom. The highest BCUT2D eigenvalue weighted by molar-refractivity contribution is 9.10. The second-order valence-electron chi connectivity index (χ2n) is 8.63. The third kappa shape index (κ3) is 2.17. The molecule has 0 N–H and O–H groups in total. The number of hydrogen-bond donors (Lipinski definition) is 0. The second kappa shape index (κ2) is 6.54. The van der Waals surface area contributed by atoms with Gasteiger partial charge in [0, 0.05) is 4.47 Å². The topological polar surface area (TPSA) is 0 Å². The number of rotatable bonds is 1. The van der Waals surface area contributed by atoms with E-state index in [-0.39, 0.29) is 5.41 Å². The van der Waals surface area contributed by atoms with Crippen molar-refractivity contribution < 1.29 is 0 Å². The SMILES string of the molecule is Brc1cccc(-c2cccc3c2C2(c4ccccc4-c4ccccc42)c2ccccc2-3)c1. The van der Waals surface area contributed by atoms with E-state index in [4.69, 9.17) is 0 Å². The molecular formula is C31H19Br. The molecule has 0 saturated heterocycles. The van der Waals surface area contributed by atoms with Crippen LogP contribution in [-0.2, 0) is 5.41 Å². The minimum absolute atomic E-state index is 0.308. The molecule has 7 rings (SSSR count). The molecule has 5 aromatic carbocycles. The highest BCUT2D eigenvalue weighted by Crippen LogP contribution is 2.64. The first kappa shape index (κ1) is 18.2. The zero-order valence-electron chi connectivity index (χ0n) is 17.3. The molecule has 1 heteroatoms. The van der Waals surface area contributed by atoms with E-state index in [9.17, 15) is 0 Å². The minimum atomic E-state index is -0.308. The molecular weight excluding hydrogens is 452 g/mol. The van der Waals surface area contributed by atoms with Gasteiger partial charge in [-0.15, -0.1) is 0 Å². The fraction of sp³-hybridized carbons (Fsp3) is 0.0323. The van der Waals surface area contributed by atoms with Crippen LogP contribution in [0.3, 0.4) is 0 Å². The lowest BCUT2D eigenvalue weighted by atomic mass is 9.68. The van der Waals surface area contributed by atoms with Gasteiger partial charge in [0.1, 0.15) is 0 Å². The van der Waals surface area contributed by atoms with Crippen LogP contribution in [0.2, 0.25) is 0 Å². The Bertz CT molecular complexity index is 1480. The predicted octanol–water partition coefficient (Wildman–Crippen LogP) is 8.46. The van der Waals surface area contributed by atoms with Crippen LogP contribution in [0.5, 0.6) is 0 Å². The summed E-state index contributed by atoms with van der Waals surface area (Å²) in [5, 5.41) is 0. The normalized spacial score (nSPS) is 14.0. The van der Waals surface area contributed by atoms with Gasteiger partial charge in [-0.05, 0) is 67.8 Å². The summed E-state index contributed by atoms with van der Waals surface area (Å²) in [5.74, 6) is 0. The molecule has 1 spiro atoms. The molecule has 0 radical (unpaired) electrons. The summed E-state index contributed by atoms with van der Waals surface area (Å²) in [7, 11) is 0. The third-order valence-electron chi connectivity index (χ3n) is 7.15. The van der Waals surface area contributed by atoms with Crippen molar-refractivity contribution in [1.82, 2.24) is 0 Å². The Labute approximate surface area is 196 Å². The maximum Gasteiger partial charge on any atom is 0.0731 e. The predicted molar refractivity (Wildman–Crippen MR) is 136 cm³/mol. The van der Waals surface area contributed by atoms with Gasteiger partial charge in [-0.3, -0.25) is 0 Å². The molecule has 0 aromatic heterocycles. The summed E-state index contributed by atoms with van der Waals surface area (Å²) in [6.07, 6.45) is 0. The summed E-state index contributed by atoms with van der Waals surface area (Å²) in [6, 6.07) is 42.4. The maximum atomic E-state index is 3.69. The first-order valence-corrected chi connectivity index (χ1v) is 11.8. The van der Waals surface area contributed by atoms with E-state index in [1.165, 1.54) is 55.6 Å². The highest BCUT2D eigenvalue weighted by atomic mass is 79.9. The van der Waals surface area contributed by atoms with Crippen LogP contribution < -0.4 is 0 Å². The van der Waals surface area contributed by atoms with Crippen molar-refractivity contribution in [2.24, 2.45) is 0 Å². The van der Waals surface area contributed by atoms with E-state index in [1.807, 2.05) is 0 Å². The van der Waals surface area contributed by atoms with E-state index in [1.54, 1.807) is 0 Å². The second-order valence-corrected chi connectivity index (χ2v) is 9.54. The fourth-order valence-corrected chi connectivity index (χ4v) is 6.45. The standard InChI is InChI=1S/C31H19Br/c32-21-10-7-9-20(19-21)22-14-8-15-26-25-13-3-6-18-29(25)31(30(22)26)27-16-4-1-11-23(27)24-12-2-5-17-28(24)31/h1-19H. The molecule has 0 amide bonds. The van der Waals surface area contributed by atoms with Gasteiger partial charge in [-0.2, -0.15) is 0 Å². The molecule has 0 heterocycles.